The van der Waals surface area contributed by atoms with Crippen LogP contribution in [0.15, 0.2) is 18.5 Å². The van der Waals surface area contributed by atoms with Crippen LogP contribution in [0, 0.1) is 0 Å². The standard InChI is InChI=1S/C16H22N4O2/c1-18-6-8-20(9-7-18)16(22)14-10-13(11-17-12-14)15(21)19-4-2-3-5-19/h10-12H,2-9H2,1H3. The Morgan fingerprint density at radius 1 is 0.864 bits per heavy atom. The number of rotatable bonds is 2. The first-order valence-electron chi connectivity index (χ1n) is 7.87. The van der Waals surface area contributed by atoms with Gasteiger partial charge in [-0.25, -0.2) is 0 Å². The van der Waals surface area contributed by atoms with Crippen molar-refractivity contribution in [2.45, 2.75) is 12.8 Å². The van der Waals surface area contributed by atoms with Crippen molar-refractivity contribution in [3.05, 3.63) is 29.6 Å². The number of amides is 2. The van der Waals surface area contributed by atoms with Gasteiger partial charge in [-0.1, -0.05) is 0 Å². The predicted octanol–water partition coefficient (Wildman–Crippen LogP) is 0.705. The summed E-state index contributed by atoms with van der Waals surface area (Å²) >= 11 is 0. The Bertz CT molecular complexity index is 561. The maximum atomic E-state index is 12.5. The summed E-state index contributed by atoms with van der Waals surface area (Å²) in [5, 5.41) is 0. The molecular formula is C16H22N4O2. The molecule has 6 nitrogen and oxygen atoms in total. The highest BCUT2D eigenvalue weighted by atomic mass is 16.2. The number of piperazine rings is 1. The first kappa shape index (κ1) is 15.0. The largest absolute Gasteiger partial charge is 0.339 e. The van der Waals surface area contributed by atoms with Crippen molar-refractivity contribution in [3.8, 4) is 0 Å². The highest BCUT2D eigenvalue weighted by Crippen LogP contribution is 2.14. The van der Waals surface area contributed by atoms with E-state index in [4.69, 9.17) is 0 Å². The lowest BCUT2D eigenvalue weighted by atomic mass is 10.1. The van der Waals surface area contributed by atoms with Crippen molar-refractivity contribution in [2.24, 2.45) is 0 Å². The fourth-order valence-corrected chi connectivity index (χ4v) is 2.97. The minimum Gasteiger partial charge on any atom is -0.339 e. The Hall–Kier alpha value is -1.95. The van der Waals surface area contributed by atoms with E-state index in [1.807, 2.05) is 9.80 Å². The van der Waals surface area contributed by atoms with Crippen LogP contribution < -0.4 is 0 Å². The third-order valence-electron chi connectivity index (χ3n) is 4.42. The summed E-state index contributed by atoms with van der Waals surface area (Å²) in [6, 6.07) is 1.69. The molecule has 1 aromatic heterocycles. The molecular weight excluding hydrogens is 280 g/mol. The van der Waals surface area contributed by atoms with Gasteiger partial charge in [-0.05, 0) is 26.0 Å². The van der Waals surface area contributed by atoms with Gasteiger partial charge in [-0.15, -0.1) is 0 Å². The number of likely N-dealkylation sites (N-methyl/N-ethyl adjacent to an activating group) is 1. The van der Waals surface area contributed by atoms with Gasteiger partial charge >= 0.3 is 0 Å². The van der Waals surface area contributed by atoms with Crippen LogP contribution in [0.5, 0.6) is 0 Å². The molecule has 2 fully saturated rings. The minimum absolute atomic E-state index is 0.0157. The highest BCUT2D eigenvalue weighted by molar-refractivity contribution is 5.99. The summed E-state index contributed by atoms with van der Waals surface area (Å²) < 4.78 is 0. The number of pyridine rings is 1. The molecule has 3 heterocycles. The van der Waals surface area contributed by atoms with Gasteiger partial charge < -0.3 is 14.7 Å². The van der Waals surface area contributed by atoms with Gasteiger partial charge in [0.05, 0.1) is 11.1 Å². The number of likely N-dealkylation sites (tertiary alicyclic amines) is 1. The van der Waals surface area contributed by atoms with Crippen LogP contribution in [0.3, 0.4) is 0 Å². The number of aromatic nitrogens is 1. The molecule has 22 heavy (non-hydrogen) atoms. The summed E-state index contributed by atoms with van der Waals surface area (Å²) in [6.07, 6.45) is 5.22. The fraction of sp³-hybridized carbons (Fsp3) is 0.562. The second kappa shape index (κ2) is 6.44. The molecule has 0 saturated carbocycles. The molecule has 3 rings (SSSR count). The summed E-state index contributed by atoms with van der Waals surface area (Å²) in [7, 11) is 2.05. The van der Waals surface area contributed by atoms with Crippen molar-refractivity contribution in [1.29, 1.82) is 0 Å². The van der Waals surface area contributed by atoms with E-state index in [-0.39, 0.29) is 11.8 Å². The van der Waals surface area contributed by atoms with E-state index in [1.54, 1.807) is 18.5 Å². The van der Waals surface area contributed by atoms with Crippen LogP contribution in [-0.2, 0) is 0 Å². The maximum Gasteiger partial charge on any atom is 0.255 e. The third kappa shape index (κ3) is 3.11. The molecule has 0 aliphatic carbocycles. The lowest BCUT2D eigenvalue weighted by Gasteiger charge is -2.32. The molecule has 0 unspecified atom stereocenters. The predicted molar refractivity (Wildman–Crippen MR) is 82.8 cm³/mol. The monoisotopic (exact) mass is 302 g/mol. The van der Waals surface area contributed by atoms with Gasteiger partial charge in [-0.3, -0.25) is 14.6 Å². The molecule has 2 aliphatic rings. The van der Waals surface area contributed by atoms with E-state index in [0.717, 1.165) is 52.1 Å². The molecule has 118 valence electrons. The normalized spacial score (nSPS) is 19.5. The molecule has 0 bridgehead atoms. The molecule has 1 aromatic rings. The molecule has 0 N–H and O–H groups in total. The zero-order valence-electron chi connectivity index (χ0n) is 13.0. The Balaban J connectivity index is 1.73. The second-order valence-corrected chi connectivity index (χ2v) is 6.06. The molecule has 2 saturated heterocycles. The fourth-order valence-electron chi connectivity index (χ4n) is 2.97. The van der Waals surface area contributed by atoms with Crippen molar-refractivity contribution in [2.75, 3.05) is 46.3 Å². The third-order valence-corrected chi connectivity index (χ3v) is 4.42. The van der Waals surface area contributed by atoms with Gasteiger partial charge in [0.1, 0.15) is 0 Å². The van der Waals surface area contributed by atoms with Gasteiger partial charge in [-0.2, -0.15) is 0 Å². The summed E-state index contributed by atoms with van der Waals surface area (Å²) in [6.45, 7) is 4.81. The van der Waals surface area contributed by atoms with Crippen LogP contribution in [0.2, 0.25) is 0 Å². The Kier molecular flexibility index (Phi) is 4.38. The van der Waals surface area contributed by atoms with E-state index in [1.165, 1.54) is 0 Å². The highest BCUT2D eigenvalue weighted by Gasteiger charge is 2.23. The van der Waals surface area contributed by atoms with Crippen LogP contribution in [0.25, 0.3) is 0 Å². The number of hydrogen-bond donors (Lipinski definition) is 0. The Morgan fingerprint density at radius 2 is 1.36 bits per heavy atom. The van der Waals surface area contributed by atoms with E-state index in [2.05, 4.69) is 16.9 Å². The second-order valence-electron chi connectivity index (χ2n) is 6.06. The number of carbonyl (C=O) groups is 2. The molecule has 2 aliphatic heterocycles. The molecule has 0 radical (unpaired) electrons. The molecule has 0 atom stereocenters. The smallest absolute Gasteiger partial charge is 0.255 e. The van der Waals surface area contributed by atoms with E-state index in [9.17, 15) is 9.59 Å². The SMILES string of the molecule is CN1CCN(C(=O)c2cncc(C(=O)N3CCCC3)c2)CC1. The van der Waals surface area contributed by atoms with Gasteiger partial charge in [0.15, 0.2) is 0 Å². The lowest BCUT2D eigenvalue weighted by Crippen LogP contribution is -2.47. The Labute approximate surface area is 130 Å². The molecule has 2 amide bonds. The topological polar surface area (TPSA) is 56.8 Å². The van der Waals surface area contributed by atoms with Crippen LogP contribution >= 0.6 is 0 Å². The number of nitrogens with zero attached hydrogens (tertiary/aromatic N) is 4. The van der Waals surface area contributed by atoms with Crippen molar-refractivity contribution in [3.63, 3.8) is 0 Å². The van der Waals surface area contributed by atoms with E-state index >= 15 is 0 Å². The maximum absolute atomic E-state index is 12.5. The van der Waals surface area contributed by atoms with Crippen LogP contribution in [-0.4, -0.2) is 77.8 Å². The zero-order chi connectivity index (χ0) is 15.5. The Morgan fingerprint density at radius 3 is 1.91 bits per heavy atom. The summed E-state index contributed by atoms with van der Waals surface area (Å²) in [5.74, 6) is -0.0466. The average Bonchev–Trinajstić information content (AvgIpc) is 3.09. The van der Waals surface area contributed by atoms with Gasteiger partial charge in [0, 0.05) is 51.7 Å². The van der Waals surface area contributed by atoms with Crippen LogP contribution in [0.1, 0.15) is 33.6 Å². The quantitative estimate of drug-likeness (QED) is 0.807. The molecule has 0 aromatic carbocycles. The molecule has 0 spiro atoms. The molecule has 6 heteroatoms. The van der Waals surface area contributed by atoms with Gasteiger partial charge in [0.25, 0.3) is 11.8 Å². The zero-order valence-corrected chi connectivity index (χ0v) is 13.0. The average molecular weight is 302 g/mol. The van der Waals surface area contributed by atoms with Crippen molar-refractivity contribution in [1.82, 2.24) is 19.7 Å². The summed E-state index contributed by atoms with van der Waals surface area (Å²) in [4.78, 5) is 34.9. The lowest BCUT2D eigenvalue weighted by molar-refractivity contribution is 0.0663. The van der Waals surface area contributed by atoms with Crippen molar-refractivity contribution < 1.29 is 9.59 Å². The van der Waals surface area contributed by atoms with Crippen molar-refractivity contribution >= 4 is 11.8 Å². The first-order chi connectivity index (χ1) is 10.6. The van der Waals surface area contributed by atoms with E-state index < -0.39 is 0 Å². The number of hydrogen-bond acceptors (Lipinski definition) is 4. The van der Waals surface area contributed by atoms with E-state index in [0.29, 0.717) is 11.1 Å². The van der Waals surface area contributed by atoms with Gasteiger partial charge in [0.2, 0.25) is 0 Å². The first-order valence-corrected chi connectivity index (χ1v) is 7.87. The number of carbonyl (C=O) groups excluding carboxylic acids is 2. The van der Waals surface area contributed by atoms with Crippen LogP contribution in [0.4, 0.5) is 0 Å². The minimum atomic E-state index is -0.0309. The summed E-state index contributed by atoms with van der Waals surface area (Å²) in [5.41, 5.74) is 1.02.